The van der Waals surface area contributed by atoms with Crippen LogP contribution in [0.3, 0.4) is 0 Å². The molecule has 0 unspecified atom stereocenters. The molecule has 0 spiro atoms. The van der Waals surface area contributed by atoms with Crippen LogP contribution in [0.1, 0.15) is 16.1 Å². The van der Waals surface area contributed by atoms with Crippen LogP contribution in [0, 0.1) is 5.82 Å². The number of sulfonamides is 1. The van der Waals surface area contributed by atoms with E-state index in [1.807, 2.05) is 4.72 Å². The molecule has 0 atom stereocenters. The lowest BCUT2D eigenvalue weighted by Gasteiger charge is -2.12. The minimum Gasteiger partial charge on any atom is -0.331 e. The fraction of sp³-hybridized carbons (Fsp3) is 0.0952. The smallest absolute Gasteiger partial charge is 0.282 e. The maximum Gasteiger partial charge on any atom is 0.282 e. The van der Waals surface area contributed by atoms with Crippen molar-refractivity contribution in [2.24, 2.45) is 0 Å². The summed E-state index contributed by atoms with van der Waals surface area (Å²) in [6.07, 6.45) is 4.71. The first-order valence-electron chi connectivity index (χ1n) is 9.26. The zero-order chi connectivity index (χ0) is 23.0. The lowest BCUT2D eigenvalue weighted by atomic mass is 10.0. The molecule has 32 heavy (non-hydrogen) atoms. The third-order valence-corrected chi connectivity index (χ3v) is 5.58. The third-order valence-electron chi connectivity index (χ3n) is 4.79. The lowest BCUT2D eigenvalue weighted by Crippen LogP contribution is -2.32. The summed E-state index contributed by atoms with van der Waals surface area (Å²) < 4.78 is 41.4. The maximum atomic E-state index is 14.4. The van der Waals surface area contributed by atoms with Gasteiger partial charge in [0.25, 0.3) is 11.5 Å². The summed E-state index contributed by atoms with van der Waals surface area (Å²) in [5.41, 5.74) is 0.374. The number of aromatic nitrogens is 3. The second kappa shape index (κ2) is 8.21. The average molecular weight is 475 g/mol. The van der Waals surface area contributed by atoms with Gasteiger partial charge >= 0.3 is 0 Å². The number of nitrogens with zero attached hydrogens (tertiary/aromatic N) is 2. The molecule has 0 bridgehead atoms. The summed E-state index contributed by atoms with van der Waals surface area (Å²) >= 11 is 6.19. The van der Waals surface area contributed by atoms with Gasteiger partial charge in [-0.2, -0.15) is 0 Å². The minimum absolute atomic E-state index is 0.121. The number of fused-ring (bicyclic) bond motifs is 1. The van der Waals surface area contributed by atoms with E-state index in [0.29, 0.717) is 15.9 Å². The van der Waals surface area contributed by atoms with E-state index in [-0.39, 0.29) is 28.9 Å². The van der Waals surface area contributed by atoms with Crippen molar-refractivity contribution in [3.63, 3.8) is 0 Å². The van der Waals surface area contributed by atoms with Crippen LogP contribution in [0.4, 0.5) is 4.39 Å². The van der Waals surface area contributed by atoms with Crippen LogP contribution in [0.5, 0.6) is 0 Å². The molecule has 3 aromatic heterocycles. The molecule has 2 N–H and O–H groups in total. The first kappa shape index (κ1) is 21.7. The van der Waals surface area contributed by atoms with Gasteiger partial charge in [0.1, 0.15) is 11.5 Å². The highest BCUT2D eigenvalue weighted by molar-refractivity contribution is 7.89. The van der Waals surface area contributed by atoms with Crippen molar-refractivity contribution < 1.29 is 17.6 Å². The maximum absolute atomic E-state index is 14.4. The van der Waals surface area contributed by atoms with E-state index in [0.717, 1.165) is 12.5 Å². The second-order valence-corrected chi connectivity index (χ2v) is 9.24. The molecule has 0 fully saturated rings. The summed E-state index contributed by atoms with van der Waals surface area (Å²) in [6.45, 7) is -0.121. The average Bonchev–Trinajstić information content (AvgIpc) is 3.02. The van der Waals surface area contributed by atoms with E-state index in [4.69, 9.17) is 11.6 Å². The van der Waals surface area contributed by atoms with Gasteiger partial charge < -0.3 is 9.55 Å². The molecule has 0 aliphatic carbocycles. The van der Waals surface area contributed by atoms with Crippen LogP contribution < -0.4 is 10.3 Å². The normalized spacial score (nSPS) is 11.6. The zero-order valence-corrected chi connectivity index (χ0v) is 18.2. The monoisotopic (exact) mass is 474 g/mol. The predicted molar refractivity (Wildman–Crippen MR) is 119 cm³/mol. The van der Waals surface area contributed by atoms with Crippen molar-refractivity contribution in [1.29, 1.82) is 0 Å². The van der Waals surface area contributed by atoms with Crippen molar-refractivity contribution in [2.75, 3.05) is 6.26 Å². The number of amides is 1. The quantitative estimate of drug-likeness (QED) is 0.461. The highest BCUT2D eigenvalue weighted by Gasteiger charge is 2.27. The lowest BCUT2D eigenvalue weighted by molar-refractivity contribution is 0.0974. The second-order valence-electron chi connectivity index (χ2n) is 7.05. The number of H-pyrrole nitrogens is 1. The Hall–Kier alpha value is -3.50. The SMILES string of the molecule is CS(=O)(=O)NC(=O)c1c(-c2ccc[nH]c2=O)c2cc(Cl)ccc2n1Cc1ccncc1F. The fourth-order valence-corrected chi connectivity index (χ4v) is 4.14. The van der Waals surface area contributed by atoms with E-state index in [9.17, 15) is 22.4 Å². The Morgan fingerprint density at radius 3 is 2.75 bits per heavy atom. The molecular formula is C21H16ClFN4O4S. The molecule has 1 aromatic carbocycles. The molecule has 164 valence electrons. The molecule has 0 saturated heterocycles. The molecule has 3 heterocycles. The number of carbonyl (C=O) groups is 1. The molecule has 0 radical (unpaired) electrons. The number of aromatic amines is 1. The number of hydrogen-bond donors (Lipinski definition) is 2. The van der Waals surface area contributed by atoms with Crippen molar-refractivity contribution >= 4 is 38.4 Å². The van der Waals surface area contributed by atoms with Gasteiger partial charge in [0.2, 0.25) is 10.0 Å². The standard InChI is InChI=1S/C21H16ClFN4O4S/c1-32(30,31)26-21(29)19-18(14-3-2-7-25-20(14)28)15-9-13(22)4-5-17(15)27(19)11-12-6-8-24-10-16(12)23/h2-10H,11H2,1H3,(H,25,28)(H,26,29). The van der Waals surface area contributed by atoms with Gasteiger partial charge in [-0.1, -0.05) is 11.6 Å². The van der Waals surface area contributed by atoms with Gasteiger partial charge in [-0.05, 0) is 36.4 Å². The van der Waals surface area contributed by atoms with Gasteiger partial charge in [-0.15, -0.1) is 0 Å². The number of nitrogens with one attached hydrogen (secondary N) is 2. The number of pyridine rings is 2. The predicted octanol–water partition coefficient (Wildman–Crippen LogP) is 2.92. The van der Waals surface area contributed by atoms with Gasteiger partial charge in [0.15, 0.2) is 0 Å². The molecule has 8 nitrogen and oxygen atoms in total. The highest BCUT2D eigenvalue weighted by Crippen LogP contribution is 2.36. The molecule has 1 amide bonds. The molecule has 0 saturated carbocycles. The first-order chi connectivity index (χ1) is 15.2. The Morgan fingerprint density at radius 1 is 1.28 bits per heavy atom. The Balaban J connectivity index is 2.10. The third kappa shape index (κ3) is 4.14. The number of carbonyl (C=O) groups excluding carboxylic acids is 1. The number of hydrogen-bond acceptors (Lipinski definition) is 5. The summed E-state index contributed by atoms with van der Waals surface area (Å²) in [5, 5.41) is 0.774. The number of rotatable bonds is 5. The van der Waals surface area contributed by atoms with Crippen LogP contribution in [0.25, 0.3) is 22.0 Å². The molecule has 0 aliphatic rings. The summed E-state index contributed by atoms with van der Waals surface area (Å²) in [7, 11) is -3.93. The summed E-state index contributed by atoms with van der Waals surface area (Å²) in [5.74, 6) is -1.57. The summed E-state index contributed by atoms with van der Waals surface area (Å²) in [4.78, 5) is 32.0. The molecular weight excluding hydrogens is 459 g/mol. The highest BCUT2D eigenvalue weighted by atomic mass is 35.5. The summed E-state index contributed by atoms with van der Waals surface area (Å²) in [6, 6.07) is 9.29. The van der Waals surface area contributed by atoms with Crippen molar-refractivity contribution in [3.05, 3.63) is 87.4 Å². The zero-order valence-electron chi connectivity index (χ0n) is 16.6. The van der Waals surface area contributed by atoms with E-state index in [2.05, 4.69) is 9.97 Å². The molecule has 11 heteroatoms. The Morgan fingerprint density at radius 2 is 2.06 bits per heavy atom. The molecule has 4 aromatic rings. The Labute approximate surface area is 186 Å². The first-order valence-corrected chi connectivity index (χ1v) is 11.5. The van der Waals surface area contributed by atoms with Crippen LogP contribution in [0.2, 0.25) is 5.02 Å². The van der Waals surface area contributed by atoms with Gasteiger partial charge in [-0.3, -0.25) is 14.6 Å². The number of halogens is 2. The van der Waals surface area contributed by atoms with E-state index in [1.54, 1.807) is 24.3 Å². The number of benzene rings is 1. The van der Waals surface area contributed by atoms with Crippen LogP contribution in [0.15, 0.2) is 59.8 Å². The van der Waals surface area contributed by atoms with Crippen molar-refractivity contribution in [2.45, 2.75) is 6.54 Å². The Kier molecular flexibility index (Phi) is 5.57. The molecule has 0 aliphatic heterocycles. The van der Waals surface area contributed by atoms with Crippen LogP contribution in [-0.2, 0) is 16.6 Å². The van der Waals surface area contributed by atoms with Gasteiger partial charge in [0, 0.05) is 45.0 Å². The van der Waals surface area contributed by atoms with E-state index >= 15 is 0 Å². The molecule has 4 rings (SSSR count). The largest absolute Gasteiger partial charge is 0.331 e. The van der Waals surface area contributed by atoms with E-state index in [1.165, 1.54) is 29.1 Å². The van der Waals surface area contributed by atoms with Gasteiger partial charge in [0.05, 0.1) is 19.0 Å². The van der Waals surface area contributed by atoms with Crippen molar-refractivity contribution in [3.8, 4) is 11.1 Å². The van der Waals surface area contributed by atoms with E-state index < -0.39 is 27.3 Å². The van der Waals surface area contributed by atoms with Crippen LogP contribution >= 0.6 is 11.6 Å². The minimum atomic E-state index is -3.93. The van der Waals surface area contributed by atoms with Crippen molar-refractivity contribution in [1.82, 2.24) is 19.3 Å². The van der Waals surface area contributed by atoms with Gasteiger partial charge in [-0.25, -0.2) is 17.5 Å². The topological polar surface area (TPSA) is 114 Å². The van der Waals surface area contributed by atoms with Crippen LogP contribution in [-0.4, -0.2) is 35.1 Å². The fourth-order valence-electron chi connectivity index (χ4n) is 3.54. The Bertz CT molecular complexity index is 1530.